The maximum absolute atomic E-state index is 13.9. The zero-order chi connectivity index (χ0) is 50.5. The molecule has 4 aromatic heterocycles. The van der Waals surface area contributed by atoms with Crippen LogP contribution in [-0.4, -0.2) is 84.5 Å². The zero-order valence-electron chi connectivity index (χ0n) is 40.0. The van der Waals surface area contributed by atoms with Crippen LogP contribution in [0.3, 0.4) is 0 Å². The topological polar surface area (TPSA) is 254 Å². The molecule has 0 aliphatic carbocycles. The number of aliphatic hydroxyl groups excluding tert-OH is 1. The summed E-state index contributed by atoms with van der Waals surface area (Å²) in [6.07, 6.45) is 5.98. The van der Waals surface area contributed by atoms with Crippen molar-refractivity contribution in [2.24, 2.45) is 0 Å². The number of nitro benzene ring substituents is 2. The van der Waals surface area contributed by atoms with Gasteiger partial charge in [-0.15, -0.1) is 0 Å². The van der Waals surface area contributed by atoms with Crippen LogP contribution < -0.4 is 54.4 Å². The van der Waals surface area contributed by atoms with Gasteiger partial charge in [0.15, 0.2) is 5.75 Å². The van der Waals surface area contributed by atoms with Gasteiger partial charge in [0.1, 0.15) is 55.6 Å². The fourth-order valence-corrected chi connectivity index (χ4v) is 6.71. The number of aromatic nitrogens is 6. The van der Waals surface area contributed by atoms with E-state index in [-0.39, 0.29) is 80.2 Å². The largest absolute Gasteiger partial charge is 1.00 e. The third-order valence-corrected chi connectivity index (χ3v) is 10.1. The third-order valence-electron chi connectivity index (χ3n) is 9.54. The number of benzene rings is 4. The predicted octanol–water partition coefficient (Wildman–Crippen LogP) is 7.50. The van der Waals surface area contributed by atoms with Crippen LogP contribution in [0, 0.1) is 26.0 Å². The molecule has 0 spiro atoms. The van der Waals surface area contributed by atoms with Gasteiger partial charge < -0.3 is 40.9 Å². The smallest absolute Gasteiger partial charge is 1.00 e. The molecule has 0 unspecified atom stereocenters. The van der Waals surface area contributed by atoms with Crippen LogP contribution in [0.5, 0.6) is 17.2 Å². The minimum atomic E-state index is -0.963. The minimum absolute atomic E-state index is 0. The molecular formula is C48H46Cl2FN10NaO10. The molecule has 0 fully saturated rings. The van der Waals surface area contributed by atoms with Crippen LogP contribution in [-0.2, 0) is 22.7 Å². The Morgan fingerprint density at radius 2 is 1.11 bits per heavy atom. The molecule has 20 nitrogen and oxygen atoms in total. The molecule has 0 amide bonds. The molecule has 0 atom stereocenters. The van der Waals surface area contributed by atoms with Gasteiger partial charge in [-0.3, -0.25) is 30.2 Å². The van der Waals surface area contributed by atoms with E-state index in [1.54, 1.807) is 48.8 Å². The van der Waals surface area contributed by atoms with Crippen LogP contribution in [0.2, 0.25) is 10.0 Å². The van der Waals surface area contributed by atoms with E-state index in [0.717, 1.165) is 23.5 Å². The van der Waals surface area contributed by atoms with Crippen LogP contribution in [0.25, 0.3) is 21.8 Å². The third kappa shape index (κ3) is 16.3. The summed E-state index contributed by atoms with van der Waals surface area (Å²) >= 11 is 12.7. The number of rotatable bonds is 20. The van der Waals surface area contributed by atoms with E-state index >= 15 is 0 Å². The molecule has 0 bridgehead atoms. The van der Waals surface area contributed by atoms with Gasteiger partial charge in [0, 0.05) is 61.2 Å². The summed E-state index contributed by atoms with van der Waals surface area (Å²) in [5.41, 5.74) is 2.60. The fraction of sp³-hybridized carbons (Fsp3) is 0.208. The number of fused-ring (bicyclic) bond motifs is 2. The van der Waals surface area contributed by atoms with E-state index in [1.807, 2.05) is 50.2 Å². The van der Waals surface area contributed by atoms with Gasteiger partial charge in [-0.2, -0.15) is 4.39 Å². The van der Waals surface area contributed by atoms with Crippen molar-refractivity contribution >= 4 is 79.4 Å². The number of halogens is 3. The summed E-state index contributed by atoms with van der Waals surface area (Å²) in [6.45, 7) is 6.64. The summed E-state index contributed by atoms with van der Waals surface area (Å²) in [6, 6.07) is 26.3. The van der Waals surface area contributed by atoms with Crippen molar-refractivity contribution in [1.29, 1.82) is 0 Å². The van der Waals surface area contributed by atoms with Gasteiger partial charge in [0.25, 0.3) is 0 Å². The van der Waals surface area contributed by atoms with Crippen LogP contribution in [0.15, 0.2) is 122 Å². The molecule has 72 heavy (non-hydrogen) atoms. The summed E-state index contributed by atoms with van der Waals surface area (Å²) in [5.74, 6) is 0.787. The summed E-state index contributed by atoms with van der Waals surface area (Å²) < 4.78 is 40.8. The number of pyridine rings is 2. The van der Waals surface area contributed by atoms with E-state index in [9.17, 15) is 24.6 Å². The summed E-state index contributed by atoms with van der Waals surface area (Å²) in [4.78, 5) is 46.4. The van der Waals surface area contributed by atoms with Crippen molar-refractivity contribution in [2.45, 2.75) is 27.1 Å². The first-order chi connectivity index (χ1) is 34.5. The van der Waals surface area contributed by atoms with Crippen molar-refractivity contribution in [3.8, 4) is 17.2 Å². The van der Waals surface area contributed by atoms with Gasteiger partial charge in [0.2, 0.25) is 5.82 Å². The molecule has 0 aliphatic heterocycles. The Morgan fingerprint density at radius 3 is 1.56 bits per heavy atom. The van der Waals surface area contributed by atoms with Crippen LogP contribution in [0.4, 0.5) is 38.8 Å². The van der Waals surface area contributed by atoms with E-state index in [0.29, 0.717) is 81.5 Å². The molecule has 0 saturated carbocycles. The van der Waals surface area contributed by atoms with Gasteiger partial charge in [0.05, 0.1) is 72.9 Å². The zero-order valence-corrected chi connectivity index (χ0v) is 42.5. The Kier molecular flexibility index (Phi) is 22.4. The Morgan fingerprint density at radius 1 is 0.611 bits per heavy atom. The summed E-state index contributed by atoms with van der Waals surface area (Å²) in [7, 11) is 0. The second kappa shape index (κ2) is 28.8. The number of aliphatic hydroxyl groups is 1. The molecule has 8 rings (SSSR count). The number of nitrogens with zero attached hydrogens (tertiary/aromatic N) is 8. The van der Waals surface area contributed by atoms with Gasteiger partial charge in [-0.05, 0) is 74.5 Å². The number of nitrogens with one attached hydrogen (secondary N) is 2. The molecule has 0 radical (unpaired) electrons. The van der Waals surface area contributed by atoms with Crippen molar-refractivity contribution in [3.05, 3.63) is 170 Å². The van der Waals surface area contributed by atoms with Crippen molar-refractivity contribution in [3.63, 3.8) is 0 Å². The van der Waals surface area contributed by atoms with E-state index in [2.05, 4.69) is 40.5 Å². The molecule has 3 N–H and O–H groups in total. The number of ether oxygens (including phenoxy) is 5. The maximum Gasteiger partial charge on any atom is 1.00 e. The van der Waals surface area contributed by atoms with Crippen LogP contribution in [0.1, 0.15) is 26.7 Å². The number of anilines is 4. The number of hydrogen-bond acceptors (Lipinski definition) is 18. The van der Waals surface area contributed by atoms with E-state index in [4.69, 9.17) is 52.0 Å². The van der Waals surface area contributed by atoms with Crippen molar-refractivity contribution in [2.75, 3.05) is 50.3 Å². The Bertz CT molecular complexity index is 3050. The quantitative estimate of drug-likeness (QED) is 0.0289. The monoisotopic (exact) mass is 1030 g/mol. The Labute approximate surface area is 444 Å². The normalized spacial score (nSPS) is 10.5. The molecule has 370 valence electrons. The Hall–Kier alpha value is -6.95. The second-order valence-corrected chi connectivity index (χ2v) is 15.2. The molecular weight excluding hydrogens is 989 g/mol. The first-order valence-corrected chi connectivity index (χ1v) is 22.3. The molecule has 4 heterocycles. The fourth-order valence-electron chi connectivity index (χ4n) is 6.23. The first kappa shape index (κ1) is 56.0. The standard InChI is InChI=1S/C24H22ClN5O5.C20H13ClFN5O3.C4H10O2.Na.H/c1-2-33-9-10-34-23-13-20-18(12-21(23)30(31)32)24(28-15-27-20)29-16-6-7-22(19(25)11-16)35-14-17-5-3-4-8-26-17;21-15-7-12(4-5-19(15)30-10-13-3-1-2-6-23-13)26-20-14-8-18(27(28)29)16(22)9-17(14)24-11-25-20;1-2-6-4-3-5;;/h3-8,11-13,15H,2,9-10,14H2,1H3,(H,27,28,29);1-9,11H,10H2,(H,24,25,26);5H,2-4H2,1H3;;/q;;;+1;-1. The minimum Gasteiger partial charge on any atom is -1.00 e. The molecule has 24 heteroatoms. The average Bonchev–Trinajstić information content (AvgIpc) is 3.37. The van der Waals surface area contributed by atoms with E-state index < -0.39 is 21.4 Å². The first-order valence-electron chi connectivity index (χ1n) is 21.6. The number of nitro groups is 2. The number of hydrogen-bond donors (Lipinski definition) is 3. The van der Waals surface area contributed by atoms with Crippen molar-refractivity contribution in [1.82, 2.24) is 29.9 Å². The SMILES string of the molecule is CCOCCO.CCOCCOc1cc2ncnc(Nc3ccc(OCc4ccccn4)c(Cl)c3)c2cc1[N+](=O)[O-].O=[N+]([O-])c1cc2c(Nc3ccc(OCc4ccccn4)c(Cl)c3)ncnc2cc1F.[H-].[Na+]. The van der Waals surface area contributed by atoms with Gasteiger partial charge in [-0.25, -0.2) is 19.9 Å². The molecule has 8 aromatic rings. The van der Waals surface area contributed by atoms with Crippen molar-refractivity contribution < 1.29 is 74.0 Å². The Balaban J connectivity index is 0.000000280. The second-order valence-electron chi connectivity index (χ2n) is 14.3. The average molecular weight is 1040 g/mol. The molecule has 4 aromatic carbocycles. The molecule has 0 saturated heterocycles. The van der Waals surface area contributed by atoms with Gasteiger partial charge in [-0.1, -0.05) is 35.3 Å². The summed E-state index contributed by atoms with van der Waals surface area (Å²) in [5, 5.41) is 38.5. The predicted molar refractivity (Wildman–Crippen MR) is 266 cm³/mol. The maximum atomic E-state index is 13.9. The van der Waals surface area contributed by atoms with Crippen LogP contribution >= 0.6 is 23.2 Å². The molecule has 0 aliphatic rings. The van der Waals surface area contributed by atoms with E-state index in [1.165, 1.54) is 24.8 Å². The van der Waals surface area contributed by atoms with Gasteiger partial charge >= 0.3 is 40.9 Å².